The molecule has 0 aliphatic carbocycles. The van der Waals surface area contributed by atoms with E-state index in [9.17, 15) is 4.79 Å². The minimum atomic E-state index is -0.00367. The van der Waals surface area contributed by atoms with Crippen LogP contribution in [0.3, 0.4) is 0 Å². The molecule has 1 fully saturated rings. The van der Waals surface area contributed by atoms with Gasteiger partial charge in [0.2, 0.25) is 0 Å². The van der Waals surface area contributed by atoms with Crippen molar-refractivity contribution in [2.75, 3.05) is 33.3 Å². The summed E-state index contributed by atoms with van der Waals surface area (Å²) in [5.74, 6) is 0. The summed E-state index contributed by atoms with van der Waals surface area (Å²) >= 11 is 7.61. The molecule has 0 saturated carbocycles. The van der Waals surface area contributed by atoms with Gasteiger partial charge in [-0.25, -0.2) is 4.79 Å². The number of halogens is 1. The van der Waals surface area contributed by atoms with Gasteiger partial charge >= 0.3 is 6.03 Å². The van der Waals surface area contributed by atoms with Gasteiger partial charge in [0.1, 0.15) is 0 Å². The van der Waals surface area contributed by atoms with E-state index in [4.69, 9.17) is 16.3 Å². The summed E-state index contributed by atoms with van der Waals surface area (Å²) in [4.78, 5) is 18.0. The Hall–Kier alpha value is -1.60. The van der Waals surface area contributed by atoms with Gasteiger partial charge in [0, 0.05) is 51.3 Å². The lowest BCUT2D eigenvalue weighted by molar-refractivity contribution is 0.135. The minimum absolute atomic E-state index is 0.00367. The Morgan fingerprint density at radius 2 is 1.88 bits per heavy atom. The third-order valence-electron chi connectivity index (χ3n) is 4.52. The van der Waals surface area contributed by atoms with Crippen molar-refractivity contribution in [1.82, 2.24) is 15.1 Å². The zero-order valence-electron chi connectivity index (χ0n) is 14.9. The van der Waals surface area contributed by atoms with Crippen LogP contribution < -0.4 is 5.32 Å². The lowest BCUT2D eigenvalue weighted by Crippen LogP contribution is -2.51. The number of carbonyl (C=O) groups excluding carboxylic acids is 1. The summed E-state index contributed by atoms with van der Waals surface area (Å²) in [7, 11) is 1.68. The number of ether oxygens (including phenoxy) is 1. The Bertz CT molecular complexity index is 729. The standard InChI is InChI=1S/C19H24ClN3O2S/c1-25-14-16-5-3-2-4-15(16)12-21-19(24)23-10-8-22(9-11-23)13-17-6-7-18(20)26-17/h2-7H,8-14H2,1H3,(H,21,24). The molecule has 1 aliphatic heterocycles. The number of urea groups is 1. The number of methoxy groups -OCH3 is 1. The van der Waals surface area contributed by atoms with Crippen molar-refractivity contribution >= 4 is 29.0 Å². The van der Waals surface area contributed by atoms with Crippen molar-refractivity contribution in [3.05, 3.63) is 56.7 Å². The molecule has 1 aromatic heterocycles. The van der Waals surface area contributed by atoms with E-state index in [0.29, 0.717) is 13.2 Å². The fourth-order valence-corrected chi connectivity index (χ4v) is 4.21. The van der Waals surface area contributed by atoms with Crippen LogP contribution in [0.5, 0.6) is 0 Å². The molecule has 1 aromatic carbocycles. The Labute approximate surface area is 163 Å². The largest absolute Gasteiger partial charge is 0.380 e. The molecule has 2 amide bonds. The summed E-state index contributed by atoms with van der Waals surface area (Å²) in [6.07, 6.45) is 0. The van der Waals surface area contributed by atoms with Gasteiger partial charge in [-0.05, 0) is 23.3 Å². The van der Waals surface area contributed by atoms with Gasteiger partial charge < -0.3 is 15.0 Å². The summed E-state index contributed by atoms with van der Waals surface area (Å²) < 4.78 is 6.04. The van der Waals surface area contributed by atoms with Crippen molar-refractivity contribution < 1.29 is 9.53 Å². The third kappa shape index (κ3) is 5.20. The molecule has 0 spiro atoms. The molecule has 2 aromatic rings. The highest BCUT2D eigenvalue weighted by atomic mass is 35.5. The first-order valence-corrected chi connectivity index (χ1v) is 9.90. The normalized spacial score (nSPS) is 15.2. The van der Waals surface area contributed by atoms with E-state index in [2.05, 4.69) is 16.3 Å². The van der Waals surface area contributed by atoms with Gasteiger partial charge in [0.05, 0.1) is 10.9 Å². The van der Waals surface area contributed by atoms with Crippen LogP contribution in [0.1, 0.15) is 16.0 Å². The monoisotopic (exact) mass is 393 g/mol. The maximum Gasteiger partial charge on any atom is 0.317 e. The van der Waals surface area contributed by atoms with Gasteiger partial charge in [0.15, 0.2) is 0 Å². The Morgan fingerprint density at radius 1 is 1.15 bits per heavy atom. The van der Waals surface area contributed by atoms with Gasteiger partial charge in [-0.1, -0.05) is 35.9 Å². The molecular weight excluding hydrogens is 370 g/mol. The number of hydrogen-bond acceptors (Lipinski definition) is 4. The van der Waals surface area contributed by atoms with E-state index in [0.717, 1.165) is 48.2 Å². The molecule has 0 radical (unpaired) electrons. The molecule has 7 heteroatoms. The highest BCUT2D eigenvalue weighted by Gasteiger charge is 2.21. The van der Waals surface area contributed by atoms with E-state index in [-0.39, 0.29) is 6.03 Å². The topological polar surface area (TPSA) is 44.8 Å². The average molecular weight is 394 g/mol. The lowest BCUT2D eigenvalue weighted by atomic mass is 10.1. The Balaban J connectivity index is 1.45. The molecular formula is C19H24ClN3O2S. The molecule has 0 atom stereocenters. The van der Waals surface area contributed by atoms with E-state index in [1.807, 2.05) is 35.2 Å². The Kier molecular flexibility index (Phi) is 6.91. The van der Waals surface area contributed by atoms with Crippen LogP contribution in [0.2, 0.25) is 4.34 Å². The fourth-order valence-electron chi connectivity index (χ4n) is 3.08. The first-order chi connectivity index (χ1) is 12.7. The first kappa shape index (κ1) is 19.2. The maximum atomic E-state index is 12.5. The van der Waals surface area contributed by atoms with Crippen molar-refractivity contribution in [2.45, 2.75) is 19.7 Å². The summed E-state index contributed by atoms with van der Waals surface area (Å²) in [6.45, 7) is 5.21. The molecule has 0 unspecified atom stereocenters. The molecule has 0 bridgehead atoms. The second-order valence-corrected chi connectivity index (χ2v) is 8.13. The molecule has 2 heterocycles. The van der Waals surface area contributed by atoms with Crippen LogP contribution in [0.15, 0.2) is 36.4 Å². The highest BCUT2D eigenvalue weighted by molar-refractivity contribution is 7.16. The van der Waals surface area contributed by atoms with Gasteiger partial charge in [-0.15, -0.1) is 11.3 Å². The highest BCUT2D eigenvalue weighted by Crippen LogP contribution is 2.23. The van der Waals surface area contributed by atoms with Crippen LogP contribution in [0.4, 0.5) is 4.79 Å². The van der Waals surface area contributed by atoms with Crippen molar-refractivity contribution in [3.8, 4) is 0 Å². The number of nitrogens with zero attached hydrogens (tertiary/aromatic N) is 2. The number of rotatable bonds is 6. The molecule has 26 heavy (non-hydrogen) atoms. The van der Waals surface area contributed by atoms with Crippen LogP contribution in [0.25, 0.3) is 0 Å². The molecule has 5 nitrogen and oxygen atoms in total. The maximum absolute atomic E-state index is 12.5. The first-order valence-electron chi connectivity index (χ1n) is 8.71. The summed E-state index contributed by atoms with van der Waals surface area (Å²) in [6, 6.07) is 12.0. The van der Waals surface area contributed by atoms with E-state index in [1.54, 1.807) is 18.4 Å². The van der Waals surface area contributed by atoms with E-state index < -0.39 is 0 Å². The van der Waals surface area contributed by atoms with Gasteiger partial charge in [-0.2, -0.15) is 0 Å². The zero-order valence-corrected chi connectivity index (χ0v) is 16.5. The van der Waals surface area contributed by atoms with Crippen LogP contribution >= 0.6 is 22.9 Å². The van der Waals surface area contributed by atoms with Crippen LogP contribution in [-0.4, -0.2) is 49.1 Å². The number of hydrogen-bond donors (Lipinski definition) is 1. The lowest BCUT2D eigenvalue weighted by Gasteiger charge is -2.34. The molecule has 1 N–H and O–H groups in total. The van der Waals surface area contributed by atoms with E-state index in [1.165, 1.54) is 4.88 Å². The number of thiophene rings is 1. The predicted octanol–water partition coefficient (Wildman–Crippen LogP) is 3.58. The summed E-state index contributed by atoms with van der Waals surface area (Å²) in [5, 5.41) is 3.03. The zero-order chi connectivity index (χ0) is 18.4. The Morgan fingerprint density at radius 3 is 2.54 bits per heavy atom. The smallest absolute Gasteiger partial charge is 0.317 e. The van der Waals surface area contributed by atoms with Crippen molar-refractivity contribution in [3.63, 3.8) is 0 Å². The minimum Gasteiger partial charge on any atom is -0.380 e. The van der Waals surface area contributed by atoms with Crippen LogP contribution in [0, 0.1) is 0 Å². The van der Waals surface area contributed by atoms with Crippen molar-refractivity contribution in [1.29, 1.82) is 0 Å². The van der Waals surface area contributed by atoms with Gasteiger partial charge in [-0.3, -0.25) is 4.90 Å². The number of piperazine rings is 1. The van der Waals surface area contributed by atoms with Gasteiger partial charge in [0.25, 0.3) is 0 Å². The van der Waals surface area contributed by atoms with E-state index >= 15 is 0 Å². The number of nitrogens with one attached hydrogen (secondary N) is 1. The molecule has 3 rings (SSSR count). The second kappa shape index (κ2) is 9.37. The summed E-state index contributed by atoms with van der Waals surface area (Å²) in [5.41, 5.74) is 2.20. The predicted molar refractivity (Wildman–Crippen MR) is 106 cm³/mol. The SMILES string of the molecule is COCc1ccccc1CNC(=O)N1CCN(Cc2ccc(Cl)s2)CC1. The second-order valence-electron chi connectivity index (χ2n) is 6.33. The number of amides is 2. The molecule has 1 saturated heterocycles. The number of carbonyl (C=O) groups is 1. The van der Waals surface area contributed by atoms with Crippen LogP contribution in [-0.2, 0) is 24.4 Å². The number of benzene rings is 1. The quantitative estimate of drug-likeness (QED) is 0.815. The molecule has 140 valence electrons. The fraction of sp³-hybridized carbons (Fsp3) is 0.421. The average Bonchev–Trinajstić information content (AvgIpc) is 3.06. The van der Waals surface area contributed by atoms with Crippen molar-refractivity contribution in [2.24, 2.45) is 0 Å². The molecule has 1 aliphatic rings. The third-order valence-corrected chi connectivity index (χ3v) is 5.73.